The average molecular weight is 423 g/mol. The number of aryl methyl sites for hydroxylation is 1. The normalized spacial score (nSPS) is 11.4. The van der Waals surface area contributed by atoms with E-state index in [1.54, 1.807) is 6.20 Å². The molecule has 3 rings (SSSR count). The van der Waals surface area contributed by atoms with Crippen molar-refractivity contribution in [1.82, 2.24) is 14.1 Å². The van der Waals surface area contributed by atoms with E-state index in [-0.39, 0.29) is 22.6 Å². The Kier molecular flexibility index (Phi) is 5.82. The van der Waals surface area contributed by atoms with Crippen LogP contribution in [-0.2, 0) is 18.9 Å². The molecule has 0 unspecified atom stereocenters. The van der Waals surface area contributed by atoms with E-state index < -0.39 is 22.1 Å². The Morgan fingerprint density at radius 1 is 1.16 bits per heavy atom. The predicted octanol–water partition coefficient (Wildman–Crippen LogP) is 2.32. The zero-order valence-corrected chi connectivity index (χ0v) is 17.4. The molecule has 3 aromatic rings. The summed E-state index contributed by atoms with van der Waals surface area (Å²) in [5, 5.41) is 13.6. The molecule has 31 heavy (non-hydrogen) atoms. The van der Waals surface area contributed by atoms with Gasteiger partial charge in [-0.05, 0) is 35.3 Å². The van der Waals surface area contributed by atoms with Gasteiger partial charge in [0.05, 0.1) is 10.6 Å². The van der Waals surface area contributed by atoms with Gasteiger partial charge in [0.1, 0.15) is 5.39 Å². The minimum atomic E-state index is -0.553. The Morgan fingerprint density at radius 3 is 2.39 bits per heavy atom. The molecule has 0 bridgehead atoms. The molecule has 2 aromatic heterocycles. The molecule has 10 heteroatoms. The number of aromatic nitrogens is 3. The van der Waals surface area contributed by atoms with Crippen molar-refractivity contribution >= 4 is 34.4 Å². The number of hydrogen-bond acceptors (Lipinski definition) is 6. The van der Waals surface area contributed by atoms with Crippen LogP contribution < -0.4 is 16.6 Å². The van der Waals surface area contributed by atoms with Gasteiger partial charge >= 0.3 is 5.69 Å². The van der Waals surface area contributed by atoms with Gasteiger partial charge in [-0.3, -0.25) is 28.8 Å². The van der Waals surface area contributed by atoms with Crippen LogP contribution in [0.15, 0.2) is 46.1 Å². The van der Waals surface area contributed by atoms with Gasteiger partial charge in [-0.2, -0.15) is 0 Å². The Balaban J connectivity index is 2.04. The number of nitro benzene ring substituents is 1. The van der Waals surface area contributed by atoms with Gasteiger partial charge in [0.15, 0.2) is 5.65 Å². The molecule has 0 saturated carbocycles. The third-order valence-electron chi connectivity index (χ3n) is 4.90. The van der Waals surface area contributed by atoms with E-state index >= 15 is 0 Å². The molecule has 1 N–H and O–H groups in total. The Bertz CT molecular complexity index is 1330. The van der Waals surface area contributed by atoms with Crippen LogP contribution in [0.3, 0.4) is 0 Å². The van der Waals surface area contributed by atoms with Gasteiger partial charge in [-0.25, -0.2) is 9.78 Å². The summed E-state index contributed by atoms with van der Waals surface area (Å²) < 4.78 is 2.22. The summed E-state index contributed by atoms with van der Waals surface area (Å²) >= 11 is 0. The molecular formula is C21H21N5O5. The number of nitrogens with one attached hydrogen (secondary N) is 1. The van der Waals surface area contributed by atoms with Crippen LogP contribution in [0.4, 0.5) is 11.4 Å². The SMILES string of the molecule is CC(C)c1cnc2c(c1NC(=O)/C=C\c1ccc([N+](=O)[O-])cc1)c(=O)n(C)c(=O)n2C. The van der Waals surface area contributed by atoms with E-state index in [0.29, 0.717) is 16.8 Å². The molecule has 1 aromatic carbocycles. The van der Waals surface area contributed by atoms with E-state index in [0.717, 1.165) is 4.57 Å². The third-order valence-corrected chi connectivity index (χ3v) is 4.90. The highest BCUT2D eigenvalue weighted by Crippen LogP contribution is 2.28. The summed E-state index contributed by atoms with van der Waals surface area (Å²) in [4.78, 5) is 52.2. The first kappa shape index (κ1) is 21.6. The molecule has 10 nitrogen and oxygen atoms in total. The van der Waals surface area contributed by atoms with Gasteiger partial charge in [-0.1, -0.05) is 13.8 Å². The summed E-state index contributed by atoms with van der Waals surface area (Å²) in [5.41, 5.74) is 0.609. The van der Waals surface area contributed by atoms with Gasteiger partial charge in [0.25, 0.3) is 11.2 Å². The monoisotopic (exact) mass is 423 g/mol. The quantitative estimate of drug-likeness (QED) is 0.381. The predicted molar refractivity (Wildman–Crippen MR) is 117 cm³/mol. The largest absolute Gasteiger partial charge is 0.332 e. The lowest BCUT2D eigenvalue weighted by atomic mass is 10.0. The standard InChI is InChI=1S/C21H21N5O5/c1-12(2)15-11-22-19-17(20(28)25(4)21(29)24(19)3)18(15)23-16(27)10-7-13-5-8-14(9-6-13)26(30)31/h5-12H,1-4H3,(H,22,23,27)/b10-7-. The summed E-state index contributed by atoms with van der Waals surface area (Å²) in [6.07, 6.45) is 4.32. The van der Waals surface area contributed by atoms with E-state index in [1.165, 1.54) is 55.1 Å². The van der Waals surface area contributed by atoms with Crippen molar-refractivity contribution in [3.05, 3.63) is 78.6 Å². The minimum Gasteiger partial charge on any atom is -0.321 e. The number of nitro groups is 1. The molecule has 0 spiro atoms. The van der Waals surface area contributed by atoms with Gasteiger partial charge in [0.2, 0.25) is 5.91 Å². The van der Waals surface area contributed by atoms with Crippen LogP contribution in [0.1, 0.15) is 30.9 Å². The van der Waals surface area contributed by atoms with Gasteiger partial charge in [-0.15, -0.1) is 0 Å². The maximum atomic E-state index is 12.8. The summed E-state index contributed by atoms with van der Waals surface area (Å²) in [5.74, 6) is -0.545. The molecule has 0 fully saturated rings. The molecule has 0 radical (unpaired) electrons. The number of hydrogen-bond donors (Lipinski definition) is 1. The summed E-state index contributed by atoms with van der Waals surface area (Å²) in [6.45, 7) is 3.80. The van der Waals surface area contributed by atoms with E-state index in [9.17, 15) is 24.5 Å². The first-order valence-electron chi connectivity index (χ1n) is 9.44. The van der Waals surface area contributed by atoms with Gasteiger partial charge < -0.3 is 5.32 Å². The number of rotatable bonds is 5. The second-order valence-corrected chi connectivity index (χ2v) is 7.32. The van der Waals surface area contributed by atoms with E-state index in [1.807, 2.05) is 13.8 Å². The minimum absolute atomic E-state index is 0.0483. The third kappa shape index (κ3) is 4.13. The average Bonchev–Trinajstić information content (AvgIpc) is 2.74. The molecule has 0 aliphatic rings. The number of fused-ring (bicyclic) bond motifs is 1. The highest BCUT2D eigenvalue weighted by molar-refractivity contribution is 6.07. The highest BCUT2D eigenvalue weighted by Gasteiger charge is 2.19. The van der Waals surface area contributed by atoms with Crippen molar-refractivity contribution < 1.29 is 9.72 Å². The van der Waals surface area contributed by atoms with Crippen molar-refractivity contribution in [1.29, 1.82) is 0 Å². The number of benzene rings is 1. The second kappa shape index (κ2) is 8.34. The number of carbonyl (C=O) groups excluding carboxylic acids is 1. The van der Waals surface area contributed by atoms with Crippen molar-refractivity contribution in [2.24, 2.45) is 14.1 Å². The fourth-order valence-electron chi connectivity index (χ4n) is 3.16. The van der Waals surface area contributed by atoms with Crippen molar-refractivity contribution in [2.45, 2.75) is 19.8 Å². The Labute approximate surface area is 176 Å². The number of anilines is 1. The maximum absolute atomic E-state index is 12.8. The Hall–Kier alpha value is -4.08. The molecule has 0 aliphatic carbocycles. The molecule has 0 aliphatic heterocycles. The lowest BCUT2D eigenvalue weighted by molar-refractivity contribution is -0.384. The second-order valence-electron chi connectivity index (χ2n) is 7.32. The number of pyridine rings is 1. The fourth-order valence-corrected chi connectivity index (χ4v) is 3.16. The maximum Gasteiger partial charge on any atom is 0.332 e. The molecule has 160 valence electrons. The van der Waals surface area contributed by atoms with Crippen LogP contribution in [0.2, 0.25) is 0 Å². The molecule has 0 saturated heterocycles. The van der Waals surface area contributed by atoms with Crippen LogP contribution in [0.25, 0.3) is 17.1 Å². The lowest BCUT2D eigenvalue weighted by Crippen LogP contribution is -2.38. The molecule has 1 amide bonds. The summed E-state index contributed by atoms with van der Waals surface area (Å²) in [7, 11) is 2.87. The number of nitrogens with zero attached hydrogens (tertiary/aromatic N) is 4. The zero-order chi connectivity index (χ0) is 22.9. The van der Waals surface area contributed by atoms with Crippen LogP contribution in [-0.4, -0.2) is 24.9 Å². The number of amides is 1. The van der Waals surface area contributed by atoms with Crippen LogP contribution in [0, 0.1) is 10.1 Å². The van der Waals surface area contributed by atoms with Crippen LogP contribution >= 0.6 is 0 Å². The van der Waals surface area contributed by atoms with Gasteiger partial charge in [0, 0.05) is 38.5 Å². The Morgan fingerprint density at radius 2 is 1.81 bits per heavy atom. The number of carbonyl (C=O) groups is 1. The highest BCUT2D eigenvalue weighted by atomic mass is 16.6. The van der Waals surface area contributed by atoms with Crippen molar-refractivity contribution in [2.75, 3.05) is 5.32 Å². The summed E-state index contributed by atoms with van der Waals surface area (Å²) in [6, 6.07) is 5.73. The molecule has 0 atom stereocenters. The zero-order valence-electron chi connectivity index (χ0n) is 17.4. The lowest BCUT2D eigenvalue weighted by Gasteiger charge is -2.16. The fraction of sp³-hybridized carbons (Fsp3) is 0.238. The van der Waals surface area contributed by atoms with Crippen molar-refractivity contribution in [3.8, 4) is 0 Å². The molecular weight excluding hydrogens is 402 g/mol. The molecule has 2 heterocycles. The first-order chi connectivity index (χ1) is 14.6. The van der Waals surface area contributed by atoms with Crippen LogP contribution in [0.5, 0.6) is 0 Å². The van der Waals surface area contributed by atoms with E-state index in [2.05, 4.69) is 10.3 Å². The number of non-ortho nitro benzene ring substituents is 1. The first-order valence-corrected chi connectivity index (χ1v) is 9.44. The van der Waals surface area contributed by atoms with E-state index in [4.69, 9.17) is 0 Å². The smallest absolute Gasteiger partial charge is 0.321 e. The topological polar surface area (TPSA) is 129 Å². The van der Waals surface area contributed by atoms with Crippen molar-refractivity contribution in [3.63, 3.8) is 0 Å².